The maximum Gasteiger partial charge on any atom is 0.393 e. The Morgan fingerprint density at radius 2 is 1.90 bits per heavy atom. The second-order valence-electron chi connectivity index (χ2n) is 8.40. The molecule has 6 N–H and O–H groups in total. The number of rotatable bonds is 8. The van der Waals surface area contributed by atoms with E-state index in [4.69, 9.17) is 5.73 Å². The first-order valence-corrected chi connectivity index (χ1v) is 12.5. The Labute approximate surface area is 220 Å². The van der Waals surface area contributed by atoms with Crippen LogP contribution in [0.3, 0.4) is 0 Å². The van der Waals surface area contributed by atoms with Gasteiger partial charge in [-0.2, -0.15) is 18.3 Å². The molecule has 1 unspecified atom stereocenters. The molecule has 2 heterocycles. The number of anilines is 2. The smallest absolute Gasteiger partial charge is 0.393 e. The molecular weight excluding hydrogens is 546 g/mol. The predicted molar refractivity (Wildman–Crippen MR) is 135 cm³/mol. The zero-order valence-electron chi connectivity index (χ0n) is 20.3. The third-order valence-corrected chi connectivity index (χ3v) is 6.67. The summed E-state index contributed by atoms with van der Waals surface area (Å²) in [7, 11) is 0.144. The highest BCUT2D eigenvalue weighted by molar-refractivity contribution is 7.85. The molecule has 0 saturated heterocycles. The van der Waals surface area contributed by atoms with E-state index in [1.54, 1.807) is 7.05 Å². The van der Waals surface area contributed by atoms with E-state index in [1.165, 1.54) is 28.8 Å². The van der Waals surface area contributed by atoms with Gasteiger partial charge in [0, 0.05) is 25.4 Å². The average molecular weight is 568 g/mol. The van der Waals surface area contributed by atoms with Crippen molar-refractivity contribution >= 4 is 39.4 Å². The number of halogens is 4. The SMILES string of the molecule is CN(c1ccc(O)cc1CNc1nc(-c2cc(F)c(O)cc2CC(F)(F)F)nc2n[nH]c(C(N)=O)c12)S(C)=O. The highest BCUT2D eigenvalue weighted by Crippen LogP contribution is 2.35. The van der Waals surface area contributed by atoms with Crippen LogP contribution >= 0.6 is 0 Å². The van der Waals surface area contributed by atoms with E-state index >= 15 is 0 Å². The molecule has 0 fully saturated rings. The van der Waals surface area contributed by atoms with E-state index in [1.807, 2.05) is 0 Å². The fourth-order valence-electron chi connectivity index (χ4n) is 3.87. The Morgan fingerprint density at radius 3 is 2.54 bits per heavy atom. The molecule has 4 rings (SSSR count). The quantitative estimate of drug-likeness (QED) is 0.202. The number of H-pyrrole nitrogens is 1. The minimum absolute atomic E-state index is 0.0111. The van der Waals surface area contributed by atoms with Gasteiger partial charge in [-0.15, -0.1) is 0 Å². The van der Waals surface area contributed by atoms with E-state index in [9.17, 15) is 36.8 Å². The number of aromatic amines is 1. The van der Waals surface area contributed by atoms with Crippen molar-refractivity contribution in [3.8, 4) is 22.9 Å². The van der Waals surface area contributed by atoms with Crippen molar-refractivity contribution < 1.29 is 36.8 Å². The number of carbonyl (C=O) groups excluding carboxylic acids is 1. The average Bonchev–Trinajstić information content (AvgIpc) is 3.28. The first-order chi connectivity index (χ1) is 18.2. The Morgan fingerprint density at radius 1 is 1.18 bits per heavy atom. The second kappa shape index (κ2) is 10.4. The number of nitrogens with two attached hydrogens (primary N) is 1. The lowest BCUT2D eigenvalue weighted by Gasteiger charge is -2.20. The van der Waals surface area contributed by atoms with Crippen molar-refractivity contribution in [2.75, 3.05) is 22.9 Å². The number of hydrogen-bond donors (Lipinski definition) is 5. The van der Waals surface area contributed by atoms with Gasteiger partial charge in [-0.25, -0.2) is 18.6 Å². The minimum atomic E-state index is -4.70. The number of hydrogen-bond acceptors (Lipinski definition) is 8. The van der Waals surface area contributed by atoms with E-state index in [-0.39, 0.29) is 46.2 Å². The third kappa shape index (κ3) is 5.84. The van der Waals surface area contributed by atoms with E-state index in [0.717, 1.165) is 0 Å². The molecule has 0 saturated carbocycles. The summed E-state index contributed by atoms with van der Waals surface area (Å²) in [5.74, 6) is -3.69. The van der Waals surface area contributed by atoms with Crippen LogP contribution in [0.2, 0.25) is 0 Å². The summed E-state index contributed by atoms with van der Waals surface area (Å²) in [6, 6.07) is 5.63. The molecule has 0 aliphatic carbocycles. The zero-order valence-corrected chi connectivity index (χ0v) is 21.1. The first-order valence-electron chi connectivity index (χ1n) is 11.0. The fourth-order valence-corrected chi connectivity index (χ4v) is 4.32. The van der Waals surface area contributed by atoms with Gasteiger partial charge in [0.25, 0.3) is 5.91 Å². The summed E-state index contributed by atoms with van der Waals surface area (Å²) in [5, 5.41) is 28.9. The van der Waals surface area contributed by atoms with Gasteiger partial charge in [-0.05, 0) is 41.5 Å². The molecule has 0 aliphatic rings. The number of alkyl halides is 3. The standard InChI is InChI=1S/C23H21F4N7O4S/c1-34(39(2)38)15-4-3-12(35)5-11(15)9-29-21-17-18(19(28)37)32-33-22(17)31-20(30-21)13-7-14(24)16(36)6-10(13)8-23(25,26)27/h3-7,35-36H,8-9H2,1-2H3,(H2,28,37)(H2,29,30,31,32,33). The predicted octanol–water partition coefficient (Wildman–Crippen LogP) is 3.12. The van der Waals surface area contributed by atoms with Crippen LogP contribution in [0.1, 0.15) is 21.6 Å². The van der Waals surface area contributed by atoms with E-state index in [0.29, 0.717) is 23.4 Å². The fraction of sp³-hybridized carbons (Fsp3) is 0.217. The Hall–Kier alpha value is -4.47. The summed E-state index contributed by atoms with van der Waals surface area (Å²) in [6.07, 6.45) is -4.77. The highest BCUT2D eigenvalue weighted by atomic mass is 32.2. The Balaban J connectivity index is 1.87. The topological polar surface area (TPSA) is 170 Å². The molecule has 206 valence electrons. The molecule has 4 aromatic rings. The molecule has 16 heteroatoms. The van der Waals surface area contributed by atoms with Crippen molar-refractivity contribution in [3.63, 3.8) is 0 Å². The largest absolute Gasteiger partial charge is 0.508 e. The molecule has 1 atom stereocenters. The molecule has 0 spiro atoms. The van der Waals surface area contributed by atoms with Gasteiger partial charge in [0.05, 0.1) is 17.5 Å². The number of aromatic nitrogens is 4. The van der Waals surface area contributed by atoms with Gasteiger partial charge >= 0.3 is 6.18 Å². The van der Waals surface area contributed by atoms with Crippen molar-refractivity contribution in [1.82, 2.24) is 20.2 Å². The lowest BCUT2D eigenvalue weighted by Crippen LogP contribution is -2.21. The number of fused-ring (bicyclic) bond motifs is 1. The number of benzene rings is 2. The molecule has 11 nitrogen and oxygen atoms in total. The number of phenolic OH excluding ortho intramolecular Hbond substituents is 2. The van der Waals surface area contributed by atoms with Crippen LogP contribution in [0.15, 0.2) is 30.3 Å². The minimum Gasteiger partial charge on any atom is -0.508 e. The van der Waals surface area contributed by atoms with E-state index < -0.39 is 46.6 Å². The van der Waals surface area contributed by atoms with Crippen molar-refractivity contribution in [2.45, 2.75) is 19.1 Å². The number of aromatic hydroxyl groups is 2. The van der Waals surface area contributed by atoms with Gasteiger partial charge < -0.3 is 21.3 Å². The summed E-state index contributed by atoms with van der Waals surface area (Å²) >= 11 is 0. The molecule has 39 heavy (non-hydrogen) atoms. The summed E-state index contributed by atoms with van der Waals surface area (Å²) in [5.41, 5.74) is 5.12. The van der Waals surface area contributed by atoms with Crippen LogP contribution in [0.25, 0.3) is 22.4 Å². The van der Waals surface area contributed by atoms with Gasteiger partial charge in [0.2, 0.25) is 0 Å². The van der Waals surface area contributed by atoms with Crippen LogP contribution in [-0.4, -0.2) is 60.0 Å². The van der Waals surface area contributed by atoms with Crippen LogP contribution in [-0.2, 0) is 24.0 Å². The Bertz CT molecular complexity index is 1610. The highest BCUT2D eigenvalue weighted by Gasteiger charge is 2.31. The van der Waals surface area contributed by atoms with Crippen molar-refractivity contribution in [2.24, 2.45) is 5.73 Å². The number of carbonyl (C=O) groups is 1. The number of phenols is 2. The third-order valence-electron chi connectivity index (χ3n) is 5.70. The molecule has 2 aromatic heterocycles. The van der Waals surface area contributed by atoms with Crippen LogP contribution < -0.4 is 15.4 Å². The number of amides is 1. The molecule has 0 bridgehead atoms. The molecular formula is C23H21F4N7O4S. The van der Waals surface area contributed by atoms with E-state index in [2.05, 4.69) is 25.5 Å². The number of primary amides is 1. The van der Waals surface area contributed by atoms with Gasteiger partial charge in [0.1, 0.15) is 28.2 Å². The first kappa shape index (κ1) is 27.6. The van der Waals surface area contributed by atoms with Crippen molar-refractivity contribution in [1.29, 1.82) is 0 Å². The van der Waals surface area contributed by atoms with Gasteiger partial charge in [-0.1, -0.05) is 0 Å². The lowest BCUT2D eigenvalue weighted by molar-refractivity contribution is -0.127. The van der Waals surface area contributed by atoms with Crippen LogP contribution in [0, 0.1) is 5.82 Å². The molecule has 2 aromatic carbocycles. The summed E-state index contributed by atoms with van der Waals surface area (Å²) in [4.78, 5) is 20.4. The summed E-state index contributed by atoms with van der Waals surface area (Å²) in [6.45, 7) is -0.0838. The zero-order chi connectivity index (χ0) is 28.6. The molecule has 1 amide bonds. The number of nitrogens with zero attached hydrogens (tertiary/aromatic N) is 4. The van der Waals surface area contributed by atoms with Crippen LogP contribution in [0.4, 0.5) is 29.1 Å². The molecule has 0 radical (unpaired) electrons. The summed E-state index contributed by atoms with van der Waals surface area (Å²) < 4.78 is 67.5. The second-order valence-corrected chi connectivity index (χ2v) is 9.79. The Kier molecular flexibility index (Phi) is 7.32. The monoisotopic (exact) mass is 567 g/mol. The van der Waals surface area contributed by atoms with Crippen LogP contribution in [0.5, 0.6) is 11.5 Å². The van der Waals surface area contributed by atoms with Crippen molar-refractivity contribution in [3.05, 3.63) is 53.0 Å². The van der Waals surface area contributed by atoms with Gasteiger partial charge in [0.15, 0.2) is 23.0 Å². The number of nitrogens with one attached hydrogen (secondary N) is 2. The molecule has 0 aliphatic heterocycles. The van der Waals surface area contributed by atoms with Gasteiger partial charge in [-0.3, -0.25) is 14.2 Å². The lowest BCUT2D eigenvalue weighted by atomic mass is 10.0. The maximum absolute atomic E-state index is 14.3. The maximum atomic E-state index is 14.3. The normalized spacial score (nSPS) is 12.5.